The third kappa shape index (κ3) is 4.98. The van der Waals surface area contributed by atoms with Gasteiger partial charge in [-0.05, 0) is 19.8 Å². The number of nitrogens with one attached hydrogen (secondary N) is 2. The van der Waals surface area contributed by atoms with E-state index in [1.165, 1.54) is 0 Å². The van der Waals surface area contributed by atoms with Crippen LogP contribution < -0.4 is 15.5 Å². The molecule has 1 fully saturated rings. The molecule has 0 aromatic carbocycles. The maximum absolute atomic E-state index is 9.25. The lowest BCUT2D eigenvalue weighted by molar-refractivity contribution is 0.122. The van der Waals surface area contributed by atoms with Crippen LogP contribution in [0.25, 0.3) is 0 Å². The van der Waals surface area contributed by atoms with Gasteiger partial charge < -0.3 is 25.4 Å². The zero-order valence-corrected chi connectivity index (χ0v) is 12.7. The Labute approximate surface area is 125 Å². The van der Waals surface area contributed by atoms with Gasteiger partial charge in [0.15, 0.2) is 0 Å². The molecule has 2 rings (SSSR count). The molecule has 1 aromatic heterocycles. The Morgan fingerprint density at radius 3 is 2.62 bits per heavy atom. The zero-order valence-electron chi connectivity index (χ0n) is 12.7. The van der Waals surface area contributed by atoms with E-state index in [1.807, 2.05) is 0 Å². The summed E-state index contributed by atoms with van der Waals surface area (Å²) in [7, 11) is 1.79. The summed E-state index contributed by atoms with van der Waals surface area (Å²) in [4.78, 5) is 15.2. The lowest BCUT2D eigenvalue weighted by Crippen LogP contribution is -2.37. The summed E-state index contributed by atoms with van der Waals surface area (Å²) in [5, 5.41) is 15.4. The summed E-state index contributed by atoms with van der Waals surface area (Å²) in [6.07, 6.45) is 1.35. The van der Waals surface area contributed by atoms with Crippen molar-refractivity contribution < 1.29 is 9.84 Å². The molecular weight excluding hydrogens is 272 g/mol. The van der Waals surface area contributed by atoms with E-state index in [9.17, 15) is 5.11 Å². The Morgan fingerprint density at radius 1 is 1.24 bits per heavy atom. The first kappa shape index (κ1) is 15.7. The van der Waals surface area contributed by atoms with Gasteiger partial charge in [0.25, 0.3) is 0 Å². The molecular formula is C13H24N6O2. The Bertz CT molecular complexity index is 437. The van der Waals surface area contributed by atoms with Crippen LogP contribution in [0.4, 0.5) is 17.8 Å². The van der Waals surface area contributed by atoms with Crippen LogP contribution >= 0.6 is 0 Å². The van der Waals surface area contributed by atoms with E-state index in [4.69, 9.17) is 4.74 Å². The van der Waals surface area contributed by atoms with Crippen molar-refractivity contribution in [2.45, 2.75) is 25.9 Å². The van der Waals surface area contributed by atoms with Crippen LogP contribution in [0.15, 0.2) is 0 Å². The Kier molecular flexibility index (Phi) is 5.94. The predicted molar refractivity (Wildman–Crippen MR) is 81.8 cm³/mol. The standard InChI is InChI=1S/C13H24N6O2/c1-10(20)4-3-5-15-12-16-11(14-2)17-13(18-12)19-6-8-21-9-7-19/h10,20H,3-9H2,1-2H3,(H2,14,15,16,17,18). The first-order valence-corrected chi connectivity index (χ1v) is 7.37. The molecule has 8 nitrogen and oxygen atoms in total. The van der Waals surface area contributed by atoms with Crippen molar-refractivity contribution in [2.24, 2.45) is 0 Å². The highest BCUT2D eigenvalue weighted by atomic mass is 16.5. The molecule has 1 saturated heterocycles. The van der Waals surface area contributed by atoms with Crippen molar-refractivity contribution in [1.29, 1.82) is 0 Å². The van der Waals surface area contributed by atoms with E-state index in [1.54, 1.807) is 14.0 Å². The fourth-order valence-electron chi connectivity index (χ4n) is 2.06. The SMILES string of the molecule is CNc1nc(NCCCC(C)O)nc(N2CCOCC2)n1. The number of aliphatic hydroxyl groups excluding tert-OH is 1. The van der Waals surface area contributed by atoms with Gasteiger partial charge in [-0.1, -0.05) is 0 Å². The molecule has 1 unspecified atom stereocenters. The third-order valence-electron chi connectivity index (χ3n) is 3.22. The second-order valence-electron chi connectivity index (χ2n) is 5.05. The van der Waals surface area contributed by atoms with Crippen LogP contribution in [-0.4, -0.2) is 66.1 Å². The Morgan fingerprint density at radius 2 is 1.95 bits per heavy atom. The van der Waals surface area contributed by atoms with Crippen LogP contribution in [0, 0.1) is 0 Å². The van der Waals surface area contributed by atoms with Crippen molar-refractivity contribution in [3.05, 3.63) is 0 Å². The molecule has 3 N–H and O–H groups in total. The van der Waals surface area contributed by atoms with E-state index >= 15 is 0 Å². The molecule has 0 radical (unpaired) electrons. The number of anilines is 3. The maximum Gasteiger partial charge on any atom is 0.232 e. The molecule has 1 aliphatic heterocycles. The number of aromatic nitrogens is 3. The smallest absolute Gasteiger partial charge is 0.232 e. The van der Waals surface area contributed by atoms with E-state index in [-0.39, 0.29) is 6.10 Å². The van der Waals surface area contributed by atoms with Crippen molar-refractivity contribution in [3.63, 3.8) is 0 Å². The van der Waals surface area contributed by atoms with Gasteiger partial charge >= 0.3 is 0 Å². The number of hydrogen-bond donors (Lipinski definition) is 3. The first-order chi connectivity index (χ1) is 10.2. The fraction of sp³-hybridized carbons (Fsp3) is 0.769. The van der Waals surface area contributed by atoms with Gasteiger partial charge in [-0.3, -0.25) is 0 Å². The number of morpholine rings is 1. The molecule has 2 heterocycles. The average Bonchev–Trinajstić information content (AvgIpc) is 2.52. The second kappa shape index (κ2) is 7.94. The fourth-order valence-corrected chi connectivity index (χ4v) is 2.06. The third-order valence-corrected chi connectivity index (χ3v) is 3.22. The van der Waals surface area contributed by atoms with Gasteiger partial charge in [-0.25, -0.2) is 0 Å². The molecule has 0 bridgehead atoms. The molecule has 1 aromatic rings. The van der Waals surface area contributed by atoms with Crippen LogP contribution in [0.5, 0.6) is 0 Å². The number of rotatable bonds is 7. The molecule has 0 saturated carbocycles. The summed E-state index contributed by atoms with van der Waals surface area (Å²) in [6, 6.07) is 0. The molecule has 0 spiro atoms. The van der Waals surface area contributed by atoms with Crippen LogP contribution in [0.1, 0.15) is 19.8 Å². The minimum absolute atomic E-state index is 0.276. The lowest BCUT2D eigenvalue weighted by Gasteiger charge is -2.27. The van der Waals surface area contributed by atoms with Crippen LogP contribution in [-0.2, 0) is 4.74 Å². The average molecular weight is 296 g/mol. The molecule has 21 heavy (non-hydrogen) atoms. The quantitative estimate of drug-likeness (QED) is 0.619. The Hall–Kier alpha value is -1.67. The van der Waals surface area contributed by atoms with Gasteiger partial charge in [-0.15, -0.1) is 0 Å². The minimum Gasteiger partial charge on any atom is -0.393 e. The number of ether oxygens (including phenoxy) is 1. The largest absolute Gasteiger partial charge is 0.393 e. The normalized spacial score (nSPS) is 16.6. The lowest BCUT2D eigenvalue weighted by atomic mass is 10.2. The molecule has 1 aliphatic rings. The summed E-state index contributed by atoms with van der Waals surface area (Å²) in [5.74, 6) is 1.77. The predicted octanol–water partition coefficient (Wildman–Crippen LogP) is 0.323. The number of nitrogens with zero attached hydrogens (tertiary/aromatic N) is 4. The Balaban J connectivity index is 1.99. The maximum atomic E-state index is 9.25. The van der Waals surface area contributed by atoms with Gasteiger partial charge in [0.05, 0.1) is 19.3 Å². The van der Waals surface area contributed by atoms with Gasteiger partial charge in [-0.2, -0.15) is 15.0 Å². The zero-order chi connectivity index (χ0) is 15.1. The van der Waals surface area contributed by atoms with Crippen molar-refractivity contribution in [2.75, 3.05) is 55.4 Å². The van der Waals surface area contributed by atoms with Gasteiger partial charge in [0, 0.05) is 26.7 Å². The number of hydrogen-bond acceptors (Lipinski definition) is 8. The molecule has 8 heteroatoms. The minimum atomic E-state index is -0.276. The van der Waals surface area contributed by atoms with Crippen molar-refractivity contribution >= 4 is 17.8 Å². The van der Waals surface area contributed by atoms with Crippen molar-refractivity contribution in [3.8, 4) is 0 Å². The highest BCUT2D eigenvalue weighted by molar-refractivity contribution is 5.43. The summed E-state index contributed by atoms with van der Waals surface area (Å²) < 4.78 is 5.34. The van der Waals surface area contributed by atoms with Gasteiger partial charge in [0.1, 0.15) is 0 Å². The van der Waals surface area contributed by atoms with Gasteiger partial charge in [0.2, 0.25) is 17.8 Å². The summed E-state index contributed by atoms with van der Waals surface area (Å²) in [6.45, 7) is 5.47. The molecule has 1 atom stereocenters. The topological polar surface area (TPSA) is 95.4 Å². The van der Waals surface area contributed by atoms with Crippen LogP contribution in [0.3, 0.4) is 0 Å². The van der Waals surface area contributed by atoms with Crippen molar-refractivity contribution in [1.82, 2.24) is 15.0 Å². The number of aliphatic hydroxyl groups is 1. The molecule has 0 aliphatic carbocycles. The molecule has 0 amide bonds. The monoisotopic (exact) mass is 296 g/mol. The highest BCUT2D eigenvalue weighted by Gasteiger charge is 2.16. The van der Waals surface area contributed by atoms with E-state index in [0.717, 1.165) is 32.5 Å². The second-order valence-corrected chi connectivity index (χ2v) is 5.05. The van der Waals surface area contributed by atoms with E-state index in [0.29, 0.717) is 31.1 Å². The molecule has 118 valence electrons. The van der Waals surface area contributed by atoms with Crippen LogP contribution in [0.2, 0.25) is 0 Å². The highest BCUT2D eigenvalue weighted by Crippen LogP contribution is 2.14. The summed E-state index contributed by atoms with van der Waals surface area (Å²) in [5.41, 5.74) is 0. The van der Waals surface area contributed by atoms with E-state index in [2.05, 4.69) is 30.5 Å². The summed E-state index contributed by atoms with van der Waals surface area (Å²) >= 11 is 0. The van der Waals surface area contributed by atoms with E-state index < -0.39 is 0 Å². The first-order valence-electron chi connectivity index (χ1n) is 7.37.